The van der Waals surface area contributed by atoms with E-state index in [1.807, 2.05) is 6.92 Å². The number of hydrogen-bond donors (Lipinski definition) is 1. The van der Waals surface area contributed by atoms with Crippen molar-refractivity contribution in [1.29, 1.82) is 0 Å². The van der Waals surface area contributed by atoms with Gasteiger partial charge in [-0.25, -0.2) is 0 Å². The van der Waals surface area contributed by atoms with Gasteiger partial charge >= 0.3 is 0 Å². The summed E-state index contributed by atoms with van der Waals surface area (Å²) in [4.78, 5) is 11.7. The lowest BCUT2D eigenvalue weighted by Gasteiger charge is -2.31. The molecule has 4 heteroatoms. The molecule has 2 rings (SSSR count). The Hall–Kier alpha value is -0.900. The third-order valence-electron chi connectivity index (χ3n) is 4.34. The van der Waals surface area contributed by atoms with Crippen LogP contribution in [0.1, 0.15) is 68.9 Å². The van der Waals surface area contributed by atoms with E-state index >= 15 is 0 Å². The number of rotatable bonds is 6. The summed E-state index contributed by atoms with van der Waals surface area (Å²) in [5.41, 5.74) is 2.06. The predicted molar refractivity (Wildman–Crippen MR) is 85.7 cm³/mol. The molecule has 1 saturated carbocycles. The van der Waals surface area contributed by atoms with Gasteiger partial charge in [-0.3, -0.25) is 4.79 Å². The molecule has 0 spiro atoms. The molecule has 1 aliphatic carbocycles. The molecule has 0 atom stereocenters. The van der Waals surface area contributed by atoms with Gasteiger partial charge in [-0.1, -0.05) is 26.7 Å². The van der Waals surface area contributed by atoms with Crippen LogP contribution in [0, 0.1) is 18.3 Å². The Kier molecular flexibility index (Phi) is 4.84. The largest absolute Gasteiger partial charge is 0.375 e. The lowest BCUT2D eigenvalue weighted by atomic mass is 9.78. The third kappa shape index (κ3) is 3.40. The highest BCUT2D eigenvalue weighted by Gasteiger charge is 2.34. The molecule has 0 radical (unpaired) electrons. The smallest absolute Gasteiger partial charge is 0.164 e. The number of carbonyl (C=O) groups excluding carboxylic acids is 1. The second-order valence-electron chi connectivity index (χ2n) is 6.69. The first kappa shape index (κ1) is 15.5. The molecule has 0 saturated heterocycles. The van der Waals surface area contributed by atoms with E-state index in [0.717, 1.165) is 28.7 Å². The Morgan fingerprint density at radius 1 is 1.40 bits per heavy atom. The second-order valence-corrected chi connectivity index (χ2v) is 7.46. The van der Waals surface area contributed by atoms with Crippen LogP contribution in [0.5, 0.6) is 0 Å². The minimum Gasteiger partial charge on any atom is -0.375 e. The monoisotopic (exact) mass is 294 g/mol. The number of ketones is 1. The Bertz CT molecular complexity index is 473. The highest BCUT2D eigenvalue weighted by Crippen LogP contribution is 2.43. The fourth-order valence-corrected chi connectivity index (χ4v) is 4.46. The van der Waals surface area contributed by atoms with Gasteiger partial charge in [0, 0.05) is 6.54 Å². The van der Waals surface area contributed by atoms with Crippen molar-refractivity contribution in [2.45, 2.75) is 59.8 Å². The topological polar surface area (TPSA) is 42.0 Å². The molecule has 0 amide bonds. The van der Waals surface area contributed by atoms with E-state index in [0.29, 0.717) is 5.41 Å². The Labute approximate surface area is 126 Å². The minimum absolute atomic E-state index is 0.114. The maximum Gasteiger partial charge on any atom is 0.164 e. The van der Waals surface area contributed by atoms with Crippen molar-refractivity contribution < 1.29 is 4.79 Å². The van der Waals surface area contributed by atoms with E-state index in [-0.39, 0.29) is 5.78 Å². The number of anilines is 1. The van der Waals surface area contributed by atoms with E-state index in [1.54, 1.807) is 6.92 Å². The van der Waals surface area contributed by atoms with Gasteiger partial charge in [0.05, 0.1) is 11.3 Å². The maximum absolute atomic E-state index is 11.7. The quantitative estimate of drug-likeness (QED) is 0.775. The first-order valence-electron chi connectivity index (χ1n) is 7.65. The minimum atomic E-state index is 0.114. The van der Waals surface area contributed by atoms with Gasteiger partial charge in [0.2, 0.25) is 0 Å². The van der Waals surface area contributed by atoms with Crippen LogP contribution in [-0.2, 0) is 0 Å². The van der Waals surface area contributed by atoms with Crippen LogP contribution in [0.4, 0.5) is 5.00 Å². The molecule has 0 bridgehead atoms. The van der Waals surface area contributed by atoms with Gasteiger partial charge in [-0.15, -0.1) is 0 Å². The van der Waals surface area contributed by atoms with Crippen LogP contribution in [0.15, 0.2) is 0 Å². The second kappa shape index (κ2) is 6.25. The Morgan fingerprint density at radius 2 is 2.05 bits per heavy atom. The summed E-state index contributed by atoms with van der Waals surface area (Å²) in [5, 5.41) is 4.50. The van der Waals surface area contributed by atoms with Crippen molar-refractivity contribution in [3.63, 3.8) is 0 Å². The number of nitrogens with zero attached hydrogens (tertiary/aromatic N) is 1. The molecule has 1 aliphatic rings. The number of Topliss-reactive ketones (excluding diaryl/α,β-unsaturated/α-hetero) is 1. The first-order valence-corrected chi connectivity index (χ1v) is 8.42. The highest BCUT2D eigenvalue weighted by atomic mass is 32.1. The maximum atomic E-state index is 11.7. The fourth-order valence-electron chi connectivity index (χ4n) is 3.62. The molecule has 112 valence electrons. The number of aromatic nitrogens is 1. The fraction of sp³-hybridized carbons (Fsp3) is 0.750. The van der Waals surface area contributed by atoms with Crippen molar-refractivity contribution in [2.75, 3.05) is 11.9 Å². The van der Waals surface area contributed by atoms with E-state index < -0.39 is 0 Å². The summed E-state index contributed by atoms with van der Waals surface area (Å²) in [5.74, 6) is 0.841. The van der Waals surface area contributed by atoms with Crippen LogP contribution in [0.25, 0.3) is 0 Å². The van der Waals surface area contributed by atoms with Gasteiger partial charge in [0.1, 0.15) is 5.00 Å². The van der Waals surface area contributed by atoms with Crippen LogP contribution >= 0.6 is 11.5 Å². The molecular weight excluding hydrogens is 268 g/mol. The molecule has 0 unspecified atom stereocenters. The van der Waals surface area contributed by atoms with Crippen LogP contribution in [0.2, 0.25) is 0 Å². The Morgan fingerprint density at radius 3 is 2.60 bits per heavy atom. The molecule has 1 aromatic heterocycles. The van der Waals surface area contributed by atoms with Crippen LogP contribution < -0.4 is 5.32 Å². The summed E-state index contributed by atoms with van der Waals surface area (Å²) >= 11 is 1.42. The van der Waals surface area contributed by atoms with Gasteiger partial charge in [0.15, 0.2) is 5.78 Å². The van der Waals surface area contributed by atoms with Crippen LogP contribution in [0.3, 0.4) is 0 Å². The summed E-state index contributed by atoms with van der Waals surface area (Å²) < 4.78 is 4.33. The van der Waals surface area contributed by atoms with Crippen molar-refractivity contribution in [3.05, 3.63) is 11.3 Å². The van der Waals surface area contributed by atoms with Crippen LogP contribution in [-0.4, -0.2) is 16.7 Å². The summed E-state index contributed by atoms with van der Waals surface area (Å²) in [6, 6.07) is 0. The predicted octanol–water partition coefficient (Wildman–Crippen LogP) is 4.67. The standard InChI is InChI=1S/C16H26N2OS/c1-11(2)9-16(7-5-6-8-16)10-17-15-14(13(4)19)12(3)18-20-15/h11,17H,5-10H2,1-4H3. The third-order valence-corrected chi connectivity index (χ3v) is 5.24. The lowest BCUT2D eigenvalue weighted by Crippen LogP contribution is -2.28. The molecule has 1 heterocycles. The van der Waals surface area contributed by atoms with Gasteiger partial charge in [0.25, 0.3) is 0 Å². The summed E-state index contributed by atoms with van der Waals surface area (Å²) in [6.45, 7) is 9.13. The van der Waals surface area contributed by atoms with E-state index in [2.05, 4.69) is 23.5 Å². The molecule has 0 aromatic carbocycles. The molecule has 1 fully saturated rings. The molecular formula is C16H26N2OS. The average molecular weight is 294 g/mol. The number of hydrogen-bond acceptors (Lipinski definition) is 4. The number of aryl methyl sites for hydroxylation is 1. The molecule has 1 N–H and O–H groups in total. The number of carbonyl (C=O) groups is 1. The summed E-state index contributed by atoms with van der Waals surface area (Å²) in [7, 11) is 0. The molecule has 3 nitrogen and oxygen atoms in total. The van der Waals surface area contributed by atoms with Crippen molar-refractivity contribution in [1.82, 2.24) is 4.37 Å². The normalized spacial score (nSPS) is 17.6. The average Bonchev–Trinajstić information content (AvgIpc) is 2.93. The molecule has 20 heavy (non-hydrogen) atoms. The zero-order valence-corrected chi connectivity index (χ0v) is 13.9. The molecule has 1 aromatic rings. The van der Waals surface area contributed by atoms with E-state index in [9.17, 15) is 4.79 Å². The van der Waals surface area contributed by atoms with Crippen molar-refractivity contribution >= 4 is 22.3 Å². The SMILES string of the molecule is CC(=O)c1c(C)nsc1NCC1(CC(C)C)CCCC1. The molecule has 0 aliphatic heterocycles. The van der Waals surface area contributed by atoms with Crippen molar-refractivity contribution in [2.24, 2.45) is 11.3 Å². The zero-order chi connectivity index (χ0) is 14.8. The number of nitrogens with one attached hydrogen (secondary N) is 1. The van der Waals surface area contributed by atoms with Crippen molar-refractivity contribution in [3.8, 4) is 0 Å². The summed E-state index contributed by atoms with van der Waals surface area (Å²) in [6.07, 6.45) is 6.58. The lowest BCUT2D eigenvalue weighted by molar-refractivity contribution is 0.101. The van der Waals surface area contributed by atoms with E-state index in [4.69, 9.17) is 0 Å². The zero-order valence-electron chi connectivity index (χ0n) is 13.1. The van der Waals surface area contributed by atoms with Gasteiger partial charge in [-0.05, 0) is 56.0 Å². The van der Waals surface area contributed by atoms with Gasteiger partial charge < -0.3 is 5.32 Å². The van der Waals surface area contributed by atoms with E-state index in [1.165, 1.54) is 43.6 Å². The first-order chi connectivity index (χ1) is 9.43. The van der Waals surface area contributed by atoms with Gasteiger partial charge in [-0.2, -0.15) is 4.37 Å². The Balaban J connectivity index is 2.08. The highest BCUT2D eigenvalue weighted by molar-refractivity contribution is 7.10.